The molecule has 0 atom stereocenters. The topological polar surface area (TPSA) is 58.6 Å². The van der Waals surface area contributed by atoms with Gasteiger partial charge in [0.25, 0.3) is 0 Å². The van der Waals surface area contributed by atoms with Crippen molar-refractivity contribution in [3.63, 3.8) is 0 Å². The van der Waals surface area contributed by atoms with Gasteiger partial charge in [-0.05, 0) is 49.9 Å². The Morgan fingerprint density at radius 3 is 2.42 bits per heavy atom. The molecule has 4 nitrogen and oxygen atoms in total. The van der Waals surface area contributed by atoms with Crippen molar-refractivity contribution in [1.29, 1.82) is 0 Å². The molecule has 1 aliphatic carbocycles. The third-order valence-electron chi connectivity index (χ3n) is 3.76. The molecule has 2 rings (SSSR count). The third kappa shape index (κ3) is 3.28. The van der Waals surface area contributed by atoms with Crippen LogP contribution in [0.4, 0.5) is 5.69 Å². The molecular formula is C14H18BrNO3. The Labute approximate surface area is 121 Å². The summed E-state index contributed by atoms with van der Waals surface area (Å²) in [6, 6.07) is 7.58. The van der Waals surface area contributed by atoms with Gasteiger partial charge in [0.05, 0.1) is 6.10 Å². The molecule has 0 radical (unpaired) electrons. The van der Waals surface area contributed by atoms with Crippen molar-refractivity contribution in [3.8, 4) is 0 Å². The fourth-order valence-corrected chi connectivity index (χ4v) is 2.79. The molecule has 0 aliphatic heterocycles. The molecule has 5 heteroatoms. The Bertz CT molecular complexity index is 439. The number of carbonyl (C=O) groups is 1. The smallest absolute Gasteiger partial charge is 0.329 e. The lowest BCUT2D eigenvalue weighted by Gasteiger charge is -2.37. The number of aliphatic carboxylic acids is 1. The van der Waals surface area contributed by atoms with Crippen LogP contribution in [0.1, 0.15) is 25.7 Å². The van der Waals surface area contributed by atoms with Crippen LogP contribution in [0.3, 0.4) is 0 Å². The maximum absolute atomic E-state index is 11.6. The maximum atomic E-state index is 11.6. The molecule has 0 heterocycles. The van der Waals surface area contributed by atoms with Gasteiger partial charge in [0, 0.05) is 17.3 Å². The van der Waals surface area contributed by atoms with Crippen molar-refractivity contribution in [2.75, 3.05) is 12.4 Å². The largest absolute Gasteiger partial charge is 0.480 e. The maximum Gasteiger partial charge on any atom is 0.329 e. The molecule has 0 amide bonds. The van der Waals surface area contributed by atoms with Gasteiger partial charge in [-0.3, -0.25) is 0 Å². The zero-order valence-corrected chi connectivity index (χ0v) is 12.4. The molecule has 19 heavy (non-hydrogen) atoms. The van der Waals surface area contributed by atoms with Gasteiger partial charge < -0.3 is 15.2 Å². The van der Waals surface area contributed by atoms with Crippen LogP contribution in [0.5, 0.6) is 0 Å². The Kier molecular flexibility index (Phi) is 4.47. The lowest BCUT2D eigenvalue weighted by atomic mass is 9.80. The first-order valence-corrected chi connectivity index (χ1v) is 7.15. The number of benzene rings is 1. The normalized spacial score (nSPS) is 26.9. The number of methoxy groups -OCH3 is 1. The molecule has 1 aromatic carbocycles. The summed E-state index contributed by atoms with van der Waals surface area (Å²) in [6.45, 7) is 0. The van der Waals surface area contributed by atoms with E-state index in [0.717, 1.165) is 23.0 Å². The van der Waals surface area contributed by atoms with E-state index in [1.165, 1.54) is 0 Å². The highest BCUT2D eigenvalue weighted by Gasteiger charge is 2.42. The molecule has 0 bridgehead atoms. The van der Waals surface area contributed by atoms with Crippen LogP contribution in [0.15, 0.2) is 28.7 Å². The van der Waals surface area contributed by atoms with Crippen LogP contribution in [-0.4, -0.2) is 29.8 Å². The highest BCUT2D eigenvalue weighted by Crippen LogP contribution is 2.33. The summed E-state index contributed by atoms with van der Waals surface area (Å²) in [5, 5.41) is 12.7. The Balaban J connectivity index is 2.12. The third-order valence-corrected chi connectivity index (χ3v) is 4.29. The van der Waals surface area contributed by atoms with Gasteiger partial charge in [-0.2, -0.15) is 0 Å². The lowest BCUT2D eigenvalue weighted by Crippen LogP contribution is -2.50. The van der Waals surface area contributed by atoms with E-state index in [0.29, 0.717) is 12.8 Å². The second kappa shape index (κ2) is 5.92. The predicted molar refractivity (Wildman–Crippen MR) is 77.4 cm³/mol. The first kappa shape index (κ1) is 14.3. The van der Waals surface area contributed by atoms with E-state index in [-0.39, 0.29) is 6.10 Å². The summed E-state index contributed by atoms with van der Waals surface area (Å²) in [5.41, 5.74) is -0.0375. The van der Waals surface area contributed by atoms with Gasteiger partial charge in [-0.25, -0.2) is 4.79 Å². The highest BCUT2D eigenvalue weighted by molar-refractivity contribution is 9.10. The van der Waals surface area contributed by atoms with Crippen LogP contribution < -0.4 is 5.32 Å². The number of rotatable bonds is 4. The van der Waals surface area contributed by atoms with Crippen LogP contribution >= 0.6 is 15.9 Å². The predicted octanol–water partition coefficient (Wildman–Crippen LogP) is 3.27. The van der Waals surface area contributed by atoms with Crippen LogP contribution in [-0.2, 0) is 9.53 Å². The van der Waals surface area contributed by atoms with Crippen molar-refractivity contribution in [2.24, 2.45) is 0 Å². The molecule has 2 N–H and O–H groups in total. The quantitative estimate of drug-likeness (QED) is 0.891. The van der Waals surface area contributed by atoms with Crippen molar-refractivity contribution < 1.29 is 14.6 Å². The molecule has 1 fully saturated rings. The number of hydrogen-bond acceptors (Lipinski definition) is 3. The monoisotopic (exact) mass is 327 g/mol. The van der Waals surface area contributed by atoms with Crippen LogP contribution in [0, 0.1) is 0 Å². The highest BCUT2D eigenvalue weighted by atomic mass is 79.9. The second-order valence-corrected chi connectivity index (χ2v) is 5.87. The van der Waals surface area contributed by atoms with Gasteiger partial charge in [0.1, 0.15) is 5.54 Å². The van der Waals surface area contributed by atoms with Gasteiger partial charge >= 0.3 is 5.97 Å². The number of carboxylic acids is 1. The summed E-state index contributed by atoms with van der Waals surface area (Å²) < 4.78 is 6.28. The summed E-state index contributed by atoms with van der Waals surface area (Å²) >= 11 is 3.37. The number of anilines is 1. The Morgan fingerprint density at radius 2 is 1.95 bits per heavy atom. The molecule has 0 spiro atoms. The van der Waals surface area contributed by atoms with Crippen LogP contribution in [0.25, 0.3) is 0 Å². The molecular weight excluding hydrogens is 310 g/mol. The van der Waals surface area contributed by atoms with Crippen molar-refractivity contribution in [3.05, 3.63) is 28.7 Å². The van der Waals surface area contributed by atoms with E-state index in [1.54, 1.807) is 7.11 Å². The number of ether oxygens (including phenoxy) is 1. The molecule has 1 aromatic rings. The van der Waals surface area contributed by atoms with Gasteiger partial charge in [0.15, 0.2) is 0 Å². The summed E-state index contributed by atoms with van der Waals surface area (Å²) in [5.74, 6) is -0.787. The second-order valence-electron chi connectivity index (χ2n) is 4.95. The zero-order chi connectivity index (χ0) is 13.9. The first-order valence-electron chi connectivity index (χ1n) is 6.36. The van der Waals surface area contributed by atoms with Gasteiger partial charge in [0.2, 0.25) is 0 Å². The van der Waals surface area contributed by atoms with E-state index in [2.05, 4.69) is 21.2 Å². The van der Waals surface area contributed by atoms with Gasteiger partial charge in [-0.1, -0.05) is 15.9 Å². The fraction of sp³-hybridized carbons (Fsp3) is 0.500. The first-order chi connectivity index (χ1) is 9.05. The van der Waals surface area contributed by atoms with E-state index < -0.39 is 11.5 Å². The number of nitrogens with one attached hydrogen (secondary N) is 1. The average Bonchev–Trinajstić information content (AvgIpc) is 2.42. The molecule has 0 unspecified atom stereocenters. The minimum atomic E-state index is -0.872. The van der Waals surface area contributed by atoms with E-state index in [9.17, 15) is 9.90 Å². The minimum Gasteiger partial charge on any atom is -0.480 e. The molecule has 1 aliphatic rings. The molecule has 0 aromatic heterocycles. The van der Waals surface area contributed by atoms with Crippen molar-refractivity contribution in [1.82, 2.24) is 0 Å². The number of carboxylic acid groups (broad SMARTS) is 1. The number of hydrogen-bond donors (Lipinski definition) is 2. The molecule has 104 valence electrons. The van der Waals surface area contributed by atoms with Crippen LogP contribution in [0.2, 0.25) is 0 Å². The summed E-state index contributed by atoms with van der Waals surface area (Å²) in [4.78, 5) is 11.6. The summed E-state index contributed by atoms with van der Waals surface area (Å²) in [7, 11) is 1.68. The Hall–Kier alpha value is -1.07. The Morgan fingerprint density at radius 1 is 1.37 bits per heavy atom. The standard InChI is InChI=1S/C14H18BrNO3/c1-19-12-6-8-14(9-7-12,13(17)18)16-11-4-2-10(15)3-5-11/h2-5,12,16H,6-9H2,1H3,(H,17,18). The average molecular weight is 328 g/mol. The zero-order valence-electron chi connectivity index (χ0n) is 10.9. The van der Waals surface area contributed by atoms with Crippen molar-refractivity contribution in [2.45, 2.75) is 37.3 Å². The lowest BCUT2D eigenvalue weighted by molar-refractivity contribution is -0.144. The van der Waals surface area contributed by atoms with E-state index >= 15 is 0 Å². The molecule has 1 saturated carbocycles. The van der Waals surface area contributed by atoms with E-state index in [4.69, 9.17) is 4.74 Å². The molecule has 0 saturated heterocycles. The van der Waals surface area contributed by atoms with Crippen molar-refractivity contribution >= 4 is 27.6 Å². The van der Waals surface area contributed by atoms with Gasteiger partial charge in [-0.15, -0.1) is 0 Å². The number of halogens is 1. The fourth-order valence-electron chi connectivity index (χ4n) is 2.52. The van der Waals surface area contributed by atoms with E-state index in [1.807, 2.05) is 24.3 Å². The SMILES string of the molecule is COC1CCC(Nc2ccc(Br)cc2)(C(=O)O)CC1. The minimum absolute atomic E-state index is 0.180. The summed E-state index contributed by atoms with van der Waals surface area (Å²) in [6.07, 6.45) is 2.88.